The Hall–Kier alpha value is -0.996. The minimum absolute atomic E-state index is 0. The van der Waals surface area contributed by atoms with Crippen LogP contribution in [0.3, 0.4) is 0 Å². The first-order valence-corrected chi connectivity index (χ1v) is 4.95. The van der Waals surface area contributed by atoms with Crippen LogP contribution in [0.25, 0.3) is 0 Å². The summed E-state index contributed by atoms with van der Waals surface area (Å²) in [6.07, 6.45) is 2.80. The van der Waals surface area contributed by atoms with Gasteiger partial charge in [-0.3, -0.25) is 0 Å². The summed E-state index contributed by atoms with van der Waals surface area (Å²) < 4.78 is 0. The summed E-state index contributed by atoms with van der Waals surface area (Å²) >= 11 is 0. The fourth-order valence-electron chi connectivity index (χ4n) is 1.23. The molecule has 0 amide bonds. The van der Waals surface area contributed by atoms with Crippen LogP contribution in [0.2, 0.25) is 0 Å². The summed E-state index contributed by atoms with van der Waals surface area (Å²) in [5.74, 6) is 0.691. The molecule has 1 heterocycles. The summed E-state index contributed by atoms with van der Waals surface area (Å²) in [6.45, 7) is 3.69. The van der Waals surface area contributed by atoms with Crippen LogP contribution in [0.5, 0.6) is 0 Å². The summed E-state index contributed by atoms with van der Waals surface area (Å²) in [6, 6.07) is 9.53. The number of hydrogen-bond acceptors (Lipinski definition) is 4. The van der Waals surface area contributed by atoms with E-state index in [0.717, 1.165) is 11.4 Å². The van der Waals surface area contributed by atoms with Gasteiger partial charge in [0.05, 0.1) is 5.69 Å². The van der Waals surface area contributed by atoms with Gasteiger partial charge >= 0.3 is 0 Å². The minimum atomic E-state index is 0. The van der Waals surface area contributed by atoms with Gasteiger partial charge in [-0.05, 0) is 24.0 Å². The molecule has 0 saturated carbocycles. The first kappa shape index (κ1) is 14.1. The molecule has 83 valence electrons. The number of rotatable bonds is 2. The van der Waals surface area contributed by atoms with Crippen molar-refractivity contribution in [1.29, 1.82) is 0 Å². The molecule has 0 saturated heterocycles. The Balaban J connectivity index is 0.00000144. The van der Waals surface area contributed by atoms with E-state index < -0.39 is 0 Å². The Kier molecular flexibility index (Phi) is 5.52. The van der Waals surface area contributed by atoms with Crippen molar-refractivity contribution < 1.29 is 32.7 Å². The molecule has 2 aromatic rings. The van der Waals surface area contributed by atoms with Crippen LogP contribution >= 0.6 is 0 Å². The summed E-state index contributed by atoms with van der Waals surface area (Å²) in [7, 11) is 0. The monoisotopic (exact) mass is 300 g/mol. The van der Waals surface area contributed by atoms with Crippen LogP contribution in [-0.4, -0.2) is 9.97 Å². The largest absolute Gasteiger partial charge is 0.371 e. The van der Waals surface area contributed by atoms with Crippen molar-refractivity contribution in [2.45, 2.75) is 13.8 Å². The molecule has 0 N–H and O–H groups in total. The Morgan fingerprint density at radius 3 is 2.41 bits per heavy atom. The van der Waals surface area contributed by atoms with E-state index in [0.29, 0.717) is 11.5 Å². The zero-order valence-electron chi connectivity index (χ0n) is 9.75. The van der Waals surface area contributed by atoms with Gasteiger partial charge in [-0.1, -0.05) is 32.0 Å². The van der Waals surface area contributed by atoms with E-state index in [-0.39, 0.29) is 32.7 Å². The Morgan fingerprint density at radius 2 is 1.76 bits per heavy atom. The summed E-state index contributed by atoms with van der Waals surface area (Å²) in [5, 5.41) is 8.14. The Bertz CT molecular complexity index is 511. The van der Waals surface area contributed by atoms with Crippen LogP contribution in [0.4, 0.5) is 11.4 Å². The zero-order valence-corrected chi connectivity index (χ0v) is 12.6. The van der Waals surface area contributed by atoms with E-state index >= 15 is 0 Å². The summed E-state index contributed by atoms with van der Waals surface area (Å²) in [4.78, 5) is 8.15. The molecule has 1 aromatic heterocycles. The van der Waals surface area contributed by atoms with Gasteiger partial charge in [0.1, 0.15) is 0 Å². The standard InChI is InChI=1S/C12H11N4.Y/c1-9-12(8-13-10(2)14-9)16-15-11-6-4-3-5-7-11;/h3-7H,1-2H3;/q-1;. The maximum atomic E-state index is 4.19. The van der Waals surface area contributed by atoms with Gasteiger partial charge in [0.15, 0.2) is 0 Å². The van der Waals surface area contributed by atoms with Crippen LogP contribution in [0.15, 0.2) is 40.6 Å². The van der Waals surface area contributed by atoms with Crippen molar-refractivity contribution in [1.82, 2.24) is 9.97 Å². The molecular formula is C12H11N4Y-. The zero-order chi connectivity index (χ0) is 11.4. The van der Waals surface area contributed by atoms with Crippen LogP contribution in [0.1, 0.15) is 11.5 Å². The maximum absolute atomic E-state index is 4.19. The molecule has 4 nitrogen and oxygen atoms in total. The fourth-order valence-corrected chi connectivity index (χ4v) is 1.23. The molecule has 1 radical (unpaired) electrons. The average Bonchev–Trinajstić information content (AvgIpc) is 2.29. The third-order valence-electron chi connectivity index (χ3n) is 2.02. The predicted molar refractivity (Wildman–Crippen MR) is 61.0 cm³/mol. The number of benzene rings is 1. The molecule has 0 fully saturated rings. The Morgan fingerprint density at radius 1 is 1.06 bits per heavy atom. The van der Waals surface area contributed by atoms with Gasteiger partial charge in [0, 0.05) is 44.2 Å². The first-order chi connectivity index (χ1) is 7.75. The van der Waals surface area contributed by atoms with E-state index in [4.69, 9.17) is 0 Å². The van der Waals surface area contributed by atoms with E-state index in [1.807, 2.05) is 44.2 Å². The van der Waals surface area contributed by atoms with Gasteiger partial charge in [0.25, 0.3) is 0 Å². The van der Waals surface area contributed by atoms with Crippen molar-refractivity contribution in [2.24, 2.45) is 10.2 Å². The molecule has 2 rings (SSSR count). The normalized spacial score (nSPS) is 10.2. The molecule has 0 atom stereocenters. The molecule has 0 aliphatic heterocycles. The predicted octanol–water partition coefficient (Wildman–Crippen LogP) is 3.31. The molecule has 0 bridgehead atoms. The molecular weight excluding hydrogens is 289 g/mol. The number of nitrogens with zero attached hydrogens (tertiary/aromatic N) is 4. The fraction of sp³-hybridized carbons (Fsp3) is 0.167. The van der Waals surface area contributed by atoms with Crippen LogP contribution < -0.4 is 0 Å². The minimum Gasteiger partial charge on any atom is -0.371 e. The maximum Gasteiger partial charge on any atom is 0.0856 e. The molecule has 0 aliphatic rings. The second kappa shape index (κ2) is 6.67. The molecule has 0 unspecified atom stereocenters. The van der Waals surface area contributed by atoms with E-state index in [1.54, 1.807) is 0 Å². The number of aryl methyl sites for hydroxylation is 2. The van der Waals surface area contributed by atoms with Crippen molar-refractivity contribution in [3.8, 4) is 0 Å². The van der Waals surface area contributed by atoms with E-state index in [2.05, 4.69) is 26.4 Å². The van der Waals surface area contributed by atoms with Gasteiger partial charge in [-0.2, -0.15) is 10.2 Å². The van der Waals surface area contributed by atoms with Crippen molar-refractivity contribution >= 4 is 11.4 Å². The van der Waals surface area contributed by atoms with Crippen LogP contribution in [0, 0.1) is 20.0 Å². The molecule has 0 aliphatic carbocycles. The Labute approximate surface area is 125 Å². The molecule has 17 heavy (non-hydrogen) atoms. The first-order valence-electron chi connectivity index (χ1n) is 4.95. The topological polar surface area (TPSA) is 50.5 Å². The second-order valence-electron chi connectivity index (χ2n) is 3.35. The van der Waals surface area contributed by atoms with Gasteiger partial charge in [-0.25, -0.2) is 0 Å². The van der Waals surface area contributed by atoms with Gasteiger partial charge in [-0.15, -0.1) is 0 Å². The average molecular weight is 300 g/mol. The third kappa shape index (κ3) is 4.06. The van der Waals surface area contributed by atoms with E-state index in [1.165, 1.54) is 0 Å². The quantitative estimate of drug-likeness (QED) is 0.631. The van der Waals surface area contributed by atoms with Gasteiger partial charge < -0.3 is 9.97 Å². The molecule has 5 heteroatoms. The second-order valence-corrected chi connectivity index (χ2v) is 3.35. The molecule has 1 aromatic carbocycles. The SMILES string of the molecule is Cc1n[c-]c(N=Nc2ccccc2)c(C)n1.[Y]. The van der Waals surface area contributed by atoms with Crippen molar-refractivity contribution in [3.63, 3.8) is 0 Å². The number of hydrogen-bond donors (Lipinski definition) is 0. The van der Waals surface area contributed by atoms with E-state index in [9.17, 15) is 0 Å². The third-order valence-corrected chi connectivity index (χ3v) is 2.02. The van der Waals surface area contributed by atoms with Crippen LogP contribution in [-0.2, 0) is 32.7 Å². The van der Waals surface area contributed by atoms with Crippen molar-refractivity contribution in [3.05, 3.63) is 48.0 Å². The number of azo groups is 1. The smallest absolute Gasteiger partial charge is 0.0856 e. The molecule has 0 spiro atoms. The number of aromatic nitrogens is 2. The summed E-state index contributed by atoms with van der Waals surface area (Å²) in [5.41, 5.74) is 2.16. The van der Waals surface area contributed by atoms with Gasteiger partial charge in [0.2, 0.25) is 0 Å². The van der Waals surface area contributed by atoms with Crippen molar-refractivity contribution in [2.75, 3.05) is 0 Å².